The molecule has 0 saturated carbocycles. The van der Waals surface area contributed by atoms with E-state index < -0.39 is 0 Å². The second-order valence-electron chi connectivity index (χ2n) is 5.27. The van der Waals surface area contributed by atoms with Crippen LogP contribution in [0.4, 0.5) is 0 Å². The highest BCUT2D eigenvalue weighted by molar-refractivity contribution is 5.64. The van der Waals surface area contributed by atoms with Crippen molar-refractivity contribution >= 4 is 0 Å². The number of hydrogen-bond acceptors (Lipinski definition) is 5. The van der Waals surface area contributed by atoms with Gasteiger partial charge in [-0.2, -0.15) is 4.98 Å². The van der Waals surface area contributed by atoms with E-state index >= 15 is 0 Å². The Morgan fingerprint density at radius 2 is 1.71 bits per heavy atom. The summed E-state index contributed by atoms with van der Waals surface area (Å²) in [7, 11) is 0. The molecule has 3 aromatic rings. The summed E-state index contributed by atoms with van der Waals surface area (Å²) in [6, 6.07) is 13.6. The lowest BCUT2D eigenvalue weighted by Gasteiger charge is -2.11. The molecule has 0 unspecified atom stereocenters. The second-order valence-corrected chi connectivity index (χ2v) is 5.27. The molecule has 0 aliphatic rings. The maximum absolute atomic E-state index is 5.65. The third-order valence-corrected chi connectivity index (χ3v) is 3.60. The lowest BCUT2D eigenvalue weighted by Crippen LogP contribution is -1.98. The van der Waals surface area contributed by atoms with Gasteiger partial charge in [-0.3, -0.25) is 0 Å². The Kier molecular flexibility index (Phi) is 4.79. The average Bonchev–Trinajstić information content (AvgIpc) is 3.07. The maximum Gasteiger partial charge on any atom is 0.258 e. The van der Waals surface area contributed by atoms with Gasteiger partial charge in [0.1, 0.15) is 0 Å². The largest absolute Gasteiger partial charge is 0.490 e. The lowest BCUT2D eigenvalue weighted by molar-refractivity contribution is 0.288. The van der Waals surface area contributed by atoms with E-state index in [-0.39, 0.29) is 0 Å². The Labute approximate surface area is 141 Å². The van der Waals surface area contributed by atoms with Crippen molar-refractivity contribution in [1.82, 2.24) is 10.1 Å². The van der Waals surface area contributed by atoms with Gasteiger partial charge in [-0.25, -0.2) is 0 Å². The van der Waals surface area contributed by atoms with Crippen LogP contribution in [0, 0.1) is 6.92 Å². The van der Waals surface area contributed by atoms with Crippen LogP contribution in [0.15, 0.2) is 47.0 Å². The molecule has 0 bridgehead atoms. The minimum Gasteiger partial charge on any atom is -0.490 e. The Hall–Kier alpha value is -2.82. The molecule has 0 fully saturated rings. The molecule has 3 rings (SSSR count). The number of aryl methyl sites for hydroxylation is 1. The molecule has 2 aromatic carbocycles. The predicted octanol–water partition coefficient (Wildman–Crippen LogP) is 4.51. The molecule has 0 aliphatic heterocycles. The highest BCUT2D eigenvalue weighted by Gasteiger charge is 2.14. The molecule has 0 amide bonds. The van der Waals surface area contributed by atoms with E-state index in [4.69, 9.17) is 14.0 Å². The summed E-state index contributed by atoms with van der Waals surface area (Å²) in [5.74, 6) is 2.42. The van der Waals surface area contributed by atoms with Crippen LogP contribution in [0.3, 0.4) is 0 Å². The first-order valence-corrected chi connectivity index (χ1v) is 8.02. The first-order chi connectivity index (χ1) is 11.7. The molecule has 124 valence electrons. The van der Waals surface area contributed by atoms with Crippen LogP contribution in [0.25, 0.3) is 22.8 Å². The first-order valence-electron chi connectivity index (χ1n) is 8.02. The summed E-state index contributed by atoms with van der Waals surface area (Å²) in [6.07, 6.45) is 0. The fraction of sp³-hybridized carbons (Fsp3) is 0.263. The van der Waals surface area contributed by atoms with Crippen molar-refractivity contribution in [3.63, 3.8) is 0 Å². The first kappa shape index (κ1) is 16.1. The zero-order valence-electron chi connectivity index (χ0n) is 14.1. The van der Waals surface area contributed by atoms with Gasteiger partial charge in [0.15, 0.2) is 11.5 Å². The standard InChI is InChI=1S/C19H20N2O3/c1-4-22-16-11-10-14(12-17(16)23-5-2)19-20-18(21-24-19)15-9-7-6-8-13(15)3/h6-12H,4-5H2,1-3H3. The molecule has 5 nitrogen and oxygen atoms in total. The van der Waals surface area contributed by atoms with Crippen molar-refractivity contribution in [2.75, 3.05) is 13.2 Å². The van der Waals surface area contributed by atoms with Gasteiger partial charge in [0, 0.05) is 11.1 Å². The van der Waals surface area contributed by atoms with E-state index in [0.29, 0.717) is 36.4 Å². The molecule has 0 radical (unpaired) electrons. The molecule has 5 heteroatoms. The van der Waals surface area contributed by atoms with Crippen molar-refractivity contribution in [2.45, 2.75) is 20.8 Å². The number of aromatic nitrogens is 2. The van der Waals surface area contributed by atoms with Crippen molar-refractivity contribution in [1.29, 1.82) is 0 Å². The van der Waals surface area contributed by atoms with Gasteiger partial charge < -0.3 is 14.0 Å². The second kappa shape index (κ2) is 7.17. The SMILES string of the molecule is CCOc1ccc(-c2nc(-c3ccccc3C)no2)cc1OCC. The van der Waals surface area contributed by atoms with Crippen LogP contribution in [-0.2, 0) is 0 Å². The van der Waals surface area contributed by atoms with Gasteiger partial charge in [-0.1, -0.05) is 29.4 Å². The number of ether oxygens (including phenoxy) is 2. The molecule has 24 heavy (non-hydrogen) atoms. The Morgan fingerprint density at radius 3 is 2.46 bits per heavy atom. The van der Waals surface area contributed by atoms with Crippen LogP contribution in [0.5, 0.6) is 11.5 Å². The van der Waals surface area contributed by atoms with E-state index in [1.807, 2.05) is 63.2 Å². The minimum absolute atomic E-state index is 0.456. The summed E-state index contributed by atoms with van der Waals surface area (Å²) >= 11 is 0. The smallest absolute Gasteiger partial charge is 0.258 e. The number of nitrogens with zero attached hydrogens (tertiary/aromatic N) is 2. The third-order valence-electron chi connectivity index (χ3n) is 3.60. The molecular formula is C19H20N2O3. The zero-order valence-corrected chi connectivity index (χ0v) is 14.1. The molecule has 1 aromatic heterocycles. The Balaban J connectivity index is 1.95. The van der Waals surface area contributed by atoms with Gasteiger partial charge in [0.2, 0.25) is 5.82 Å². The molecule has 0 N–H and O–H groups in total. The van der Waals surface area contributed by atoms with Crippen LogP contribution in [-0.4, -0.2) is 23.4 Å². The van der Waals surface area contributed by atoms with Crippen molar-refractivity contribution < 1.29 is 14.0 Å². The van der Waals surface area contributed by atoms with Gasteiger partial charge >= 0.3 is 0 Å². The van der Waals surface area contributed by atoms with Crippen LogP contribution < -0.4 is 9.47 Å². The van der Waals surface area contributed by atoms with Gasteiger partial charge in [-0.05, 0) is 44.5 Å². The summed E-state index contributed by atoms with van der Waals surface area (Å²) < 4.78 is 16.7. The lowest BCUT2D eigenvalue weighted by atomic mass is 10.1. The molecular weight excluding hydrogens is 304 g/mol. The maximum atomic E-state index is 5.65. The normalized spacial score (nSPS) is 10.6. The topological polar surface area (TPSA) is 57.4 Å². The van der Waals surface area contributed by atoms with E-state index in [9.17, 15) is 0 Å². The quantitative estimate of drug-likeness (QED) is 0.667. The van der Waals surface area contributed by atoms with Gasteiger partial charge in [0.05, 0.1) is 13.2 Å². The molecule has 0 aliphatic carbocycles. The summed E-state index contributed by atoms with van der Waals surface area (Å²) in [5, 5.41) is 4.10. The van der Waals surface area contributed by atoms with Crippen molar-refractivity contribution in [3.05, 3.63) is 48.0 Å². The number of benzene rings is 2. The predicted molar refractivity (Wildman–Crippen MR) is 92.2 cm³/mol. The van der Waals surface area contributed by atoms with E-state index in [2.05, 4.69) is 10.1 Å². The van der Waals surface area contributed by atoms with E-state index in [1.54, 1.807) is 0 Å². The van der Waals surface area contributed by atoms with Gasteiger partial charge in [0.25, 0.3) is 5.89 Å². The highest BCUT2D eigenvalue weighted by Crippen LogP contribution is 2.33. The summed E-state index contributed by atoms with van der Waals surface area (Å²) in [4.78, 5) is 4.51. The van der Waals surface area contributed by atoms with E-state index in [0.717, 1.165) is 16.7 Å². The molecule has 1 heterocycles. The Morgan fingerprint density at radius 1 is 0.958 bits per heavy atom. The molecule has 0 atom stereocenters. The summed E-state index contributed by atoms with van der Waals surface area (Å²) in [6.45, 7) is 7.04. The van der Waals surface area contributed by atoms with Gasteiger partial charge in [-0.15, -0.1) is 0 Å². The van der Waals surface area contributed by atoms with Crippen molar-refractivity contribution in [2.24, 2.45) is 0 Å². The monoisotopic (exact) mass is 324 g/mol. The van der Waals surface area contributed by atoms with Crippen molar-refractivity contribution in [3.8, 4) is 34.3 Å². The molecule has 0 spiro atoms. The molecule has 0 saturated heterocycles. The van der Waals surface area contributed by atoms with E-state index in [1.165, 1.54) is 0 Å². The number of hydrogen-bond donors (Lipinski definition) is 0. The average molecular weight is 324 g/mol. The Bertz CT molecular complexity index is 827. The number of rotatable bonds is 6. The fourth-order valence-corrected chi connectivity index (χ4v) is 2.46. The van der Waals surface area contributed by atoms with Crippen LogP contribution in [0.1, 0.15) is 19.4 Å². The van der Waals surface area contributed by atoms with Crippen LogP contribution >= 0.6 is 0 Å². The van der Waals surface area contributed by atoms with Crippen LogP contribution in [0.2, 0.25) is 0 Å². The minimum atomic E-state index is 0.456. The summed E-state index contributed by atoms with van der Waals surface area (Å²) in [5.41, 5.74) is 2.87. The fourth-order valence-electron chi connectivity index (χ4n) is 2.46. The third kappa shape index (κ3) is 3.25. The zero-order chi connectivity index (χ0) is 16.9. The highest BCUT2D eigenvalue weighted by atomic mass is 16.5.